The molecule has 30 heavy (non-hydrogen) atoms. The van der Waals surface area contributed by atoms with E-state index in [0.29, 0.717) is 24.4 Å². The summed E-state index contributed by atoms with van der Waals surface area (Å²) in [4.78, 5) is 39.4. The van der Waals surface area contributed by atoms with Gasteiger partial charge in [0, 0.05) is 31.3 Å². The second kappa shape index (κ2) is 7.97. The van der Waals surface area contributed by atoms with Crippen LogP contribution in [-0.2, 0) is 17.8 Å². The Morgan fingerprint density at radius 2 is 2.07 bits per heavy atom. The number of hydrogen-bond donors (Lipinski definition) is 1. The quantitative estimate of drug-likeness (QED) is 0.696. The maximum absolute atomic E-state index is 14.4. The first kappa shape index (κ1) is 19.6. The van der Waals surface area contributed by atoms with Gasteiger partial charge in [-0.05, 0) is 31.4 Å². The number of nitrogens with one attached hydrogen (secondary N) is 1. The van der Waals surface area contributed by atoms with Crippen LogP contribution in [0.15, 0.2) is 36.9 Å². The lowest BCUT2D eigenvalue weighted by Crippen LogP contribution is -2.47. The van der Waals surface area contributed by atoms with Crippen molar-refractivity contribution in [2.45, 2.75) is 32.4 Å². The molecule has 4 heterocycles. The lowest BCUT2D eigenvalue weighted by molar-refractivity contribution is -0.120. The van der Waals surface area contributed by atoms with Crippen LogP contribution in [0, 0.1) is 12.7 Å². The molecule has 0 spiro atoms. The molecule has 1 N–H and O–H groups in total. The number of hydrogen-bond acceptors (Lipinski definition) is 6. The summed E-state index contributed by atoms with van der Waals surface area (Å²) in [6.45, 7) is 2.13. The minimum atomic E-state index is -0.830. The van der Waals surface area contributed by atoms with Gasteiger partial charge in [-0.3, -0.25) is 29.1 Å². The minimum Gasteiger partial charge on any atom is -0.339 e. The Balaban J connectivity index is 1.50. The first-order valence-corrected chi connectivity index (χ1v) is 9.46. The molecule has 154 valence electrons. The summed E-state index contributed by atoms with van der Waals surface area (Å²) in [5.41, 5.74) is 1.98. The van der Waals surface area contributed by atoms with E-state index in [1.807, 2.05) is 13.0 Å². The molecule has 10 heteroatoms. The Labute approximate surface area is 172 Å². The highest BCUT2D eigenvalue weighted by atomic mass is 19.1. The van der Waals surface area contributed by atoms with Gasteiger partial charge in [0.05, 0.1) is 18.4 Å². The van der Waals surface area contributed by atoms with Gasteiger partial charge in [0.25, 0.3) is 11.8 Å². The van der Waals surface area contributed by atoms with Crippen LogP contribution in [0.5, 0.6) is 0 Å². The zero-order valence-corrected chi connectivity index (χ0v) is 16.5. The Kier molecular flexibility index (Phi) is 5.21. The molecule has 1 aliphatic heterocycles. The fourth-order valence-electron chi connectivity index (χ4n) is 3.41. The highest BCUT2D eigenvalue weighted by Crippen LogP contribution is 2.21. The van der Waals surface area contributed by atoms with Crippen molar-refractivity contribution in [3.8, 4) is 0 Å². The second-order valence-electron chi connectivity index (χ2n) is 7.06. The average molecular weight is 409 g/mol. The lowest BCUT2D eigenvalue weighted by atomic mass is 10.1. The van der Waals surface area contributed by atoms with Crippen LogP contribution in [0.25, 0.3) is 0 Å². The van der Waals surface area contributed by atoms with E-state index in [1.54, 1.807) is 25.5 Å². The molecule has 0 bridgehead atoms. The van der Waals surface area contributed by atoms with Crippen molar-refractivity contribution in [3.05, 3.63) is 65.4 Å². The van der Waals surface area contributed by atoms with E-state index in [4.69, 9.17) is 0 Å². The molecule has 2 amide bonds. The van der Waals surface area contributed by atoms with E-state index >= 15 is 0 Å². The Morgan fingerprint density at radius 3 is 2.87 bits per heavy atom. The number of carbonyl (C=O) groups is 2. The van der Waals surface area contributed by atoms with Crippen LogP contribution >= 0.6 is 0 Å². The number of halogens is 1. The predicted molar refractivity (Wildman–Crippen MR) is 105 cm³/mol. The van der Waals surface area contributed by atoms with Gasteiger partial charge in [0.2, 0.25) is 0 Å². The van der Waals surface area contributed by atoms with Gasteiger partial charge in [-0.15, -0.1) is 0 Å². The molecular weight excluding hydrogens is 389 g/mol. The SMILES string of the molecule is Cc1ncccc1Cn1cc(F)c(C(=O)NC2CCc3nccnc3N(C)C2=O)n1. The third-order valence-corrected chi connectivity index (χ3v) is 5.05. The van der Waals surface area contributed by atoms with Crippen molar-refractivity contribution in [3.63, 3.8) is 0 Å². The van der Waals surface area contributed by atoms with Crippen LogP contribution in [0.3, 0.4) is 0 Å². The summed E-state index contributed by atoms with van der Waals surface area (Å²) < 4.78 is 15.8. The van der Waals surface area contributed by atoms with E-state index in [0.717, 1.165) is 17.5 Å². The third-order valence-electron chi connectivity index (χ3n) is 5.05. The van der Waals surface area contributed by atoms with Gasteiger partial charge in [-0.2, -0.15) is 5.10 Å². The summed E-state index contributed by atoms with van der Waals surface area (Å²) in [5, 5.41) is 6.68. The largest absolute Gasteiger partial charge is 0.339 e. The molecule has 3 aromatic rings. The van der Waals surface area contributed by atoms with Crippen molar-refractivity contribution in [1.82, 2.24) is 30.0 Å². The summed E-state index contributed by atoms with van der Waals surface area (Å²) in [6, 6.07) is 2.82. The molecule has 1 atom stereocenters. The number of anilines is 1. The van der Waals surface area contributed by atoms with E-state index in [2.05, 4.69) is 25.4 Å². The highest BCUT2D eigenvalue weighted by molar-refractivity contribution is 6.01. The zero-order chi connectivity index (χ0) is 21.3. The molecule has 1 aliphatic rings. The number of carbonyl (C=O) groups excluding carboxylic acids is 2. The second-order valence-corrected chi connectivity index (χ2v) is 7.06. The molecule has 0 saturated carbocycles. The first-order valence-electron chi connectivity index (χ1n) is 9.46. The van der Waals surface area contributed by atoms with Crippen LogP contribution in [0.1, 0.15) is 33.9 Å². The summed E-state index contributed by atoms with van der Waals surface area (Å²) in [6.07, 6.45) is 6.69. The Morgan fingerprint density at radius 1 is 1.27 bits per heavy atom. The van der Waals surface area contributed by atoms with E-state index < -0.39 is 17.8 Å². The molecule has 3 aromatic heterocycles. The fourth-order valence-corrected chi connectivity index (χ4v) is 3.41. The maximum Gasteiger partial charge on any atom is 0.275 e. The number of aromatic nitrogens is 5. The summed E-state index contributed by atoms with van der Waals surface area (Å²) in [7, 11) is 1.58. The zero-order valence-electron chi connectivity index (χ0n) is 16.5. The summed E-state index contributed by atoms with van der Waals surface area (Å²) in [5.74, 6) is -1.38. The van der Waals surface area contributed by atoms with Crippen LogP contribution in [0.4, 0.5) is 10.2 Å². The smallest absolute Gasteiger partial charge is 0.275 e. The highest BCUT2D eigenvalue weighted by Gasteiger charge is 2.32. The molecular formula is C20H20FN7O2. The van der Waals surface area contributed by atoms with E-state index in [1.165, 1.54) is 15.8 Å². The topological polar surface area (TPSA) is 106 Å². The van der Waals surface area contributed by atoms with Crippen molar-refractivity contribution in [2.75, 3.05) is 11.9 Å². The molecule has 9 nitrogen and oxygen atoms in total. The molecule has 0 radical (unpaired) electrons. The van der Waals surface area contributed by atoms with Gasteiger partial charge in [-0.25, -0.2) is 9.37 Å². The van der Waals surface area contributed by atoms with Gasteiger partial charge >= 0.3 is 0 Å². The molecule has 0 fully saturated rings. The fraction of sp³-hybridized carbons (Fsp3) is 0.300. The van der Waals surface area contributed by atoms with Gasteiger partial charge in [-0.1, -0.05) is 6.07 Å². The number of pyridine rings is 1. The van der Waals surface area contributed by atoms with Gasteiger partial charge < -0.3 is 5.32 Å². The van der Waals surface area contributed by atoms with Crippen LogP contribution < -0.4 is 10.2 Å². The normalized spacial score (nSPS) is 16.2. The number of amides is 2. The van der Waals surface area contributed by atoms with Crippen molar-refractivity contribution in [2.24, 2.45) is 0 Å². The predicted octanol–water partition coefficient (Wildman–Crippen LogP) is 1.27. The van der Waals surface area contributed by atoms with Crippen molar-refractivity contribution < 1.29 is 14.0 Å². The first-order chi connectivity index (χ1) is 14.4. The monoisotopic (exact) mass is 409 g/mol. The molecule has 0 aromatic carbocycles. The standard InChI is InChI=1S/C20H20FN7O2/c1-12-13(4-3-7-22-12)10-28-11-14(21)17(26-28)19(29)25-16-6-5-15-18(24-9-8-23-15)27(2)20(16)30/h3-4,7-9,11,16H,5-6,10H2,1-2H3,(H,25,29). The van der Waals surface area contributed by atoms with Crippen LogP contribution in [0.2, 0.25) is 0 Å². The van der Waals surface area contributed by atoms with Crippen molar-refractivity contribution >= 4 is 17.6 Å². The molecule has 1 unspecified atom stereocenters. The average Bonchev–Trinajstić information content (AvgIpc) is 3.06. The van der Waals surface area contributed by atoms with Gasteiger partial charge in [0.1, 0.15) is 6.04 Å². The van der Waals surface area contributed by atoms with E-state index in [-0.39, 0.29) is 18.1 Å². The number of likely N-dealkylation sites (N-methyl/N-ethyl adjacent to an activating group) is 1. The lowest BCUT2D eigenvalue weighted by Gasteiger charge is -2.20. The molecule has 0 aliphatic carbocycles. The minimum absolute atomic E-state index is 0.279. The van der Waals surface area contributed by atoms with Crippen molar-refractivity contribution in [1.29, 1.82) is 0 Å². The molecule has 4 rings (SSSR count). The molecule has 0 saturated heterocycles. The van der Waals surface area contributed by atoms with E-state index in [9.17, 15) is 14.0 Å². The number of fused-ring (bicyclic) bond motifs is 1. The van der Waals surface area contributed by atoms with Gasteiger partial charge in [0.15, 0.2) is 17.3 Å². The third kappa shape index (κ3) is 3.76. The number of aryl methyl sites for hydroxylation is 2. The summed E-state index contributed by atoms with van der Waals surface area (Å²) >= 11 is 0. The Hall–Kier alpha value is -3.69. The number of rotatable bonds is 4. The number of nitrogens with zero attached hydrogens (tertiary/aromatic N) is 6. The maximum atomic E-state index is 14.4. The Bertz CT molecular complexity index is 1110. The van der Waals surface area contributed by atoms with Crippen LogP contribution in [-0.4, -0.2) is 49.6 Å².